The van der Waals surface area contributed by atoms with E-state index in [9.17, 15) is 4.39 Å². The van der Waals surface area contributed by atoms with E-state index in [4.69, 9.17) is 21.7 Å². The van der Waals surface area contributed by atoms with Gasteiger partial charge in [0.25, 0.3) is 0 Å². The third-order valence-corrected chi connectivity index (χ3v) is 4.32. The van der Waals surface area contributed by atoms with Crippen LogP contribution in [-0.4, -0.2) is 25.9 Å². The molecule has 0 bridgehead atoms. The zero-order valence-electron chi connectivity index (χ0n) is 13.4. The normalized spacial score (nSPS) is 10.2. The largest absolute Gasteiger partial charge is 0.493 e. The van der Waals surface area contributed by atoms with E-state index in [0.717, 1.165) is 22.1 Å². The number of rotatable bonds is 6. The van der Waals surface area contributed by atoms with E-state index in [2.05, 4.69) is 26.6 Å². The lowest BCUT2D eigenvalue weighted by atomic mass is 10.1. The number of nitrogens with one attached hydrogen (secondary N) is 2. The van der Waals surface area contributed by atoms with Crippen LogP contribution in [0.2, 0.25) is 0 Å². The average molecular weight is 413 g/mol. The Kier molecular flexibility index (Phi) is 6.81. The Morgan fingerprint density at radius 3 is 2.38 bits per heavy atom. The molecule has 0 spiro atoms. The number of thiocarbonyl (C=S) groups is 1. The minimum absolute atomic E-state index is 0.280. The third kappa shape index (κ3) is 5.07. The van der Waals surface area contributed by atoms with Gasteiger partial charge in [-0.15, -0.1) is 0 Å². The molecule has 2 N–H and O–H groups in total. The van der Waals surface area contributed by atoms with Crippen LogP contribution in [0.15, 0.2) is 40.9 Å². The van der Waals surface area contributed by atoms with Crippen molar-refractivity contribution in [2.45, 2.75) is 6.42 Å². The molecule has 0 atom stereocenters. The molecule has 0 heterocycles. The molecule has 0 saturated carbocycles. The highest BCUT2D eigenvalue weighted by atomic mass is 79.9. The SMILES string of the molecule is COc1cc(Br)c(CCNC(=S)Nc2ccc(F)cc2)cc1OC. The maximum absolute atomic E-state index is 12.9. The summed E-state index contributed by atoms with van der Waals surface area (Å²) >= 11 is 8.76. The van der Waals surface area contributed by atoms with Gasteiger partial charge in [0, 0.05) is 16.7 Å². The Balaban J connectivity index is 1.89. The van der Waals surface area contributed by atoms with Gasteiger partial charge in [-0.2, -0.15) is 0 Å². The fraction of sp³-hybridized carbons (Fsp3) is 0.235. The van der Waals surface area contributed by atoms with Crippen molar-refractivity contribution < 1.29 is 13.9 Å². The first-order valence-electron chi connectivity index (χ1n) is 7.24. The molecule has 2 aromatic rings. The van der Waals surface area contributed by atoms with Gasteiger partial charge in [0.1, 0.15) is 5.82 Å². The van der Waals surface area contributed by atoms with Crippen LogP contribution in [0.1, 0.15) is 5.56 Å². The highest BCUT2D eigenvalue weighted by Gasteiger charge is 2.09. The lowest BCUT2D eigenvalue weighted by Gasteiger charge is -2.13. The van der Waals surface area contributed by atoms with Crippen molar-refractivity contribution in [2.75, 3.05) is 26.1 Å². The number of ether oxygens (including phenoxy) is 2. The highest BCUT2D eigenvalue weighted by molar-refractivity contribution is 9.10. The molecular formula is C17H18BrFN2O2S. The molecule has 0 fully saturated rings. The smallest absolute Gasteiger partial charge is 0.170 e. The molecule has 0 unspecified atom stereocenters. The number of methoxy groups -OCH3 is 2. The number of hydrogen-bond acceptors (Lipinski definition) is 3. The summed E-state index contributed by atoms with van der Waals surface area (Å²) in [5, 5.41) is 6.61. The molecule has 0 radical (unpaired) electrons. The van der Waals surface area contributed by atoms with Crippen molar-refractivity contribution in [1.29, 1.82) is 0 Å². The summed E-state index contributed by atoms with van der Waals surface area (Å²) < 4.78 is 24.4. The Morgan fingerprint density at radius 2 is 1.75 bits per heavy atom. The summed E-state index contributed by atoms with van der Waals surface area (Å²) in [6.45, 7) is 0.640. The predicted molar refractivity (Wildman–Crippen MR) is 102 cm³/mol. The van der Waals surface area contributed by atoms with Crippen LogP contribution in [0.4, 0.5) is 10.1 Å². The minimum Gasteiger partial charge on any atom is -0.493 e. The van der Waals surface area contributed by atoms with Crippen LogP contribution < -0.4 is 20.1 Å². The Hall–Kier alpha value is -1.86. The lowest BCUT2D eigenvalue weighted by Crippen LogP contribution is -2.30. The minimum atomic E-state index is -0.280. The van der Waals surface area contributed by atoms with Crippen LogP contribution in [0.25, 0.3) is 0 Å². The quantitative estimate of drug-likeness (QED) is 0.698. The van der Waals surface area contributed by atoms with Gasteiger partial charge in [0.05, 0.1) is 14.2 Å². The monoisotopic (exact) mass is 412 g/mol. The molecule has 128 valence electrons. The molecule has 0 aliphatic heterocycles. The number of benzene rings is 2. The van der Waals surface area contributed by atoms with Crippen molar-refractivity contribution in [3.63, 3.8) is 0 Å². The molecule has 2 rings (SSSR count). The molecule has 0 aliphatic rings. The zero-order valence-corrected chi connectivity index (χ0v) is 15.8. The topological polar surface area (TPSA) is 42.5 Å². The van der Waals surface area contributed by atoms with Gasteiger partial charge in [-0.1, -0.05) is 15.9 Å². The first-order valence-corrected chi connectivity index (χ1v) is 8.44. The maximum atomic E-state index is 12.9. The van der Waals surface area contributed by atoms with E-state index in [1.807, 2.05) is 12.1 Å². The van der Waals surface area contributed by atoms with Crippen molar-refractivity contribution in [1.82, 2.24) is 5.32 Å². The van der Waals surface area contributed by atoms with Crippen LogP contribution in [-0.2, 0) is 6.42 Å². The first kappa shape index (κ1) is 18.5. The van der Waals surface area contributed by atoms with E-state index < -0.39 is 0 Å². The first-order chi connectivity index (χ1) is 11.5. The number of hydrogen-bond donors (Lipinski definition) is 2. The predicted octanol–water partition coefficient (Wildman–Crippen LogP) is 4.13. The summed E-state index contributed by atoms with van der Waals surface area (Å²) in [6, 6.07) is 9.84. The lowest BCUT2D eigenvalue weighted by molar-refractivity contribution is 0.354. The van der Waals surface area contributed by atoms with E-state index in [1.54, 1.807) is 26.4 Å². The molecule has 0 aliphatic carbocycles. The Labute approximate surface area is 154 Å². The van der Waals surface area contributed by atoms with Crippen molar-refractivity contribution >= 4 is 38.9 Å². The third-order valence-electron chi connectivity index (χ3n) is 3.33. The van der Waals surface area contributed by atoms with Crippen LogP contribution in [0.3, 0.4) is 0 Å². The average Bonchev–Trinajstić information content (AvgIpc) is 2.58. The molecule has 0 aromatic heterocycles. The van der Waals surface area contributed by atoms with Gasteiger partial charge in [-0.3, -0.25) is 0 Å². The van der Waals surface area contributed by atoms with Crippen molar-refractivity contribution in [2.24, 2.45) is 0 Å². The molecule has 24 heavy (non-hydrogen) atoms. The second kappa shape index (κ2) is 8.84. The van der Waals surface area contributed by atoms with E-state index in [0.29, 0.717) is 23.2 Å². The summed E-state index contributed by atoms with van der Waals surface area (Å²) in [4.78, 5) is 0. The summed E-state index contributed by atoms with van der Waals surface area (Å²) in [5.41, 5.74) is 1.81. The fourth-order valence-corrected chi connectivity index (χ4v) is 2.85. The molecular weight excluding hydrogens is 395 g/mol. The Bertz CT molecular complexity index is 710. The van der Waals surface area contributed by atoms with Crippen molar-refractivity contribution in [3.05, 3.63) is 52.3 Å². The van der Waals surface area contributed by atoms with E-state index in [1.165, 1.54) is 12.1 Å². The van der Waals surface area contributed by atoms with Gasteiger partial charge in [-0.05, 0) is 60.6 Å². The van der Waals surface area contributed by atoms with Gasteiger partial charge in [0.2, 0.25) is 0 Å². The maximum Gasteiger partial charge on any atom is 0.170 e. The van der Waals surface area contributed by atoms with Gasteiger partial charge >= 0.3 is 0 Å². The number of halogens is 2. The van der Waals surface area contributed by atoms with Crippen LogP contribution >= 0.6 is 28.1 Å². The second-order valence-corrected chi connectivity index (χ2v) is 6.20. The Morgan fingerprint density at radius 1 is 1.12 bits per heavy atom. The van der Waals surface area contributed by atoms with Crippen molar-refractivity contribution in [3.8, 4) is 11.5 Å². The molecule has 0 amide bonds. The highest BCUT2D eigenvalue weighted by Crippen LogP contribution is 2.33. The standard InChI is InChI=1S/C17H18BrFN2O2S/c1-22-15-9-11(14(18)10-16(15)23-2)7-8-20-17(24)21-13-5-3-12(19)4-6-13/h3-6,9-10H,7-8H2,1-2H3,(H2,20,21,24). The van der Waals surface area contributed by atoms with Crippen LogP contribution in [0, 0.1) is 5.82 Å². The molecule has 4 nitrogen and oxygen atoms in total. The summed E-state index contributed by atoms with van der Waals surface area (Å²) in [6.07, 6.45) is 0.742. The van der Waals surface area contributed by atoms with Gasteiger partial charge < -0.3 is 20.1 Å². The van der Waals surface area contributed by atoms with Gasteiger partial charge in [-0.25, -0.2) is 4.39 Å². The summed E-state index contributed by atoms with van der Waals surface area (Å²) in [7, 11) is 3.21. The zero-order chi connectivity index (χ0) is 17.5. The second-order valence-electron chi connectivity index (χ2n) is 4.94. The number of anilines is 1. The van der Waals surface area contributed by atoms with Gasteiger partial charge in [0.15, 0.2) is 16.6 Å². The van der Waals surface area contributed by atoms with E-state index in [-0.39, 0.29) is 5.82 Å². The molecule has 0 saturated heterocycles. The molecule has 2 aromatic carbocycles. The summed E-state index contributed by atoms with van der Waals surface area (Å²) in [5.74, 6) is 1.08. The molecule has 7 heteroatoms. The van der Waals surface area contributed by atoms with Crippen LogP contribution in [0.5, 0.6) is 11.5 Å². The fourth-order valence-electron chi connectivity index (χ4n) is 2.11. The van der Waals surface area contributed by atoms with E-state index >= 15 is 0 Å².